The van der Waals surface area contributed by atoms with Crippen LogP contribution < -0.4 is 0 Å². The van der Waals surface area contributed by atoms with Crippen LogP contribution in [0.1, 0.15) is 31.7 Å². The minimum atomic E-state index is -0.507. The van der Waals surface area contributed by atoms with Gasteiger partial charge in [-0.25, -0.2) is 0 Å². The molecule has 1 aromatic rings. The zero-order valence-corrected chi connectivity index (χ0v) is 11.0. The normalized spacial score (nSPS) is 25.9. The number of aliphatic hydroxyl groups is 1. The van der Waals surface area contributed by atoms with Crippen LogP contribution in [0.5, 0.6) is 0 Å². The van der Waals surface area contributed by atoms with E-state index in [1.165, 1.54) is 0 Å². The summed E-state index contributed by atoms with van der Waals surface area (Å²) in [5.41, 5.74) is 0.640. The van der Waals surface area contributed by atoms with Crippen molar-refractivity contribution >= 4 is 0 Å². The van der Waals surface area contributed by atoms with E-state index in [2.05, 4.69) is 0 Å². The van der Waals surface area contributed by atoms with Crippen molar-refractivity contribution in [3.63, 3.8) is 0 Å². The van der Waals surface area contributed by atoms with Gasteiger partial charge in [-0.2, -0.15) is 0 Å². The van der Waals surface area contributed by atoms with Crippen molar-refractivity contribution in [3.05, 3.63) is 35.9 Å². The van der Waals surface area contributed by atoms with E-state index >= 15 is 0 Å². The molecule has 100 valence electrons. The molecular formula is C15H22O3. The van der Waals surface area contributed by atoms with Crippen LogP contribution in [-0.4, -0.2) is 30.0 Å². The second kappa shape index (κ2) is 6.32. The first kappa shape index (κ1) is 13.5. The summed E-state index contributed by atoms with van der Waals surface area (Å²) in [4.78, 5) is 0. The molecule has 3 heteroatoms. The van der Waals surface area contributed by atoms with Gasteiger partial charge in [-0.15, -0.1) is 0 Å². The maximum atomic E-state index is 9.92. The topological polar surface area (TPSA) is 38.7 Å². The second-order valence-electron chi connectivity index (χ2n) is 5.02. The Bertz CT molecular complexity index is 342. The quantitative estimate of drug-likeness (QED) is 0.872. The monoisotopic (exact) mass is 250 g/mol. The van der Waals surface area contributed by atoms with Crippen molar-refractivity contribution in [1.29, 1.82) is 0 Å². The largest absolute Gasteiger partial charge is 0.390 e. The Morgan fingerprint density at radius 1 is 1.33 bits per heavy atom. The highest BCUT2D eigenvalue weighted by atomic mass is 16.6. The van der Waals surface area contributed by atoms with Gasteiger partial charge in [0.2, 0.25) is 0 Å². The molecule has 1 N–H and O–H groups in total. The first-order chi connectivity index (χ1) is 8.73. The van der Waals surface area contributed by atoms with Crippen molar-refractivity contribution in [1.82, 2.24) is 0 Å². The van der Waals surface area contributed by atoms with E-state index < -0.39 is 11.7 Å². The summed E-state index contributed by atoms with van der Waals surface area (Å²) in [5, 5.41) is 9.92. The molecule has 0 aromatic heterocycles. The molecule has 0 bridgehead atoms. The third-order valence-electron chi connectivity index (χ3n) is 3.60. The standard InChI is InChI=1S/C15H22O3/c1-13(16)15(9-5-6-10-18-15)12-17-11-14-7-3-2-4-8-14/h2-4,7-8,13,16H,5-6,9-12H2,1H3/t13-,15+/m0/s1. The fraction of sp³-hybridized carbons (Fsp3) is 0.600. The summed E-state index contributed by atoms with van der Waals surface area (Å²) in [5.74, 6) is 0. The summed E-state index contributed by atoms with van der Waals surface area (Å²) in [6.45, 7) is 3.54. The first-order valence-corrected chi connectivity index (χ1v) is 6.67. The maximum Gasteiger partial charge on any atom is 0.117 e. The Labute approximate surface area is 109 Å². The molecule has 0 saturated carbocycles. The van der Waals surface area contributed by atoms with Gasteiger partial charge in [-0.3, -0.25) is 0 Å². The van der Waals surface area contributed by atoms with Crippen molar-refractivity contribution in [2.45, 2.75) is 44.5 Å². The van der Waals surface area contributed by atoms with Gasteiger partial charge in [0.25, 0.3) is 0 Å². The van der Waals surface area contributed by atoms with Gasteiger partial charge in [0.15, 0.2) is 0 Å². The molecule has 2 atom stereocenters. The number of ether oxygens (including phenoxy) is 2. The minimum absolute atomic E-state index is 0.458. The first-order valence-electron chi connectivity index (χ1n) is 6.67. The zero-order valence-electron chi connectivity index (χ0n) is 11.0. The number of rotatable bonds is 5. The number of hydrogen-bond donors (Lipinski definition) is 1. The van der Waals surface area contributed by atoms with Crippen LogP contribution in [0, 0.1) is 0 Å². The molecule has 2 rings (SSSR count). The lowest BCUT2D eigenvalue weighted by molar-refractivity contribution is -0.175. The molecule has 0 spiro atoms. The summed E-state index contributed by atoms with van der Waals surface area (Å²) >= 11 is 0. The molecule has 0 amide bonds. The SMILES string of the molecule is C[C@H](O)[C@]1(COCc2ccccc2)CCCCO1. The average Bonchev–Trinajstić information content (AvgIpc) is 2.41. The Kier molecular flexibility index (Phi) is 4.75. The number of benzene rings is 1. The summed E-state index contributed by atoms with van der Waals surface area (Å²) in [6, 6.07) is 10.1. The fourth-order valence-electron chi connectivity index (χ4n) is 2.35. The molecule has 1 saturated heterocycles. The summed E-state index contributed by atoms with van der Waals surface area (Å²) in [6.07, 6.45) is 2.56. The van der Waals surface area contributed by atoms with Gasteiger partial charge >= 0.3 is 0 Å². The molecule has 1 aromatic carbocycles. The van der Waals surface area contributed by atoms with Gasteiger partial charge in [0.05, 0.1) is 19.3 Å². The van der Waals surface area contributed by atoms with E-state index in [4.69, 9.17) is 9.47 Å². The molecule has 3 nitrogen and oxygen atoms in total. The summed E-state index contributed by atoms with van der Waals surface area (Å²) < 4.78 is 11.5. The molecule has 1 aliphatic heterocycles. The smallest absolute Gasteiger partial charge is 0.117 e. The van der Waals surface area contributed by atoms with Crippen LogP contribution in [0.15, 0.2) is 30.3 Å². The van der Waals surface area contributed by atoms with Crippen LogP contribution in [0.4, 0.5) is 0 Å². The molecule has 1 fully saturated rings. The molecule has 0 aliphatic carbocycles. The lowest BCUT2D eigenvalue weighted by atomic mass is 9.90. The zero-order chi connectivity index (χ0) is 12.8. The van der Waals surface area contributed by atoms with Crippen molar-refractivity contribution in [2.24, 2.45) is 0 Å². The third kappa shape index (κ3) is 3.31. The second-order valence-corrected chi connectivity index (χ2v) is 5.02. The minimum Gasteiger partial charge on any atom is -0.390 e. The Balaban J connectivity index is 1.86. The molecule has 1 heterocycles. The van der Waals surface area contributed by atoms with Gasteiger partial charge < -0.3 is 14.6 Å². The van der Waals surface area contributed by atoms with Gasteiger partial charge in [-0.1, -0.05) is 30.3 Å². The Morgan fingerprint density at radius 3 is 2.72 bits per heavy atom. The molecule has 18 heavy (non-hydrogen) atoms. The Morgan fingerprint density at radius 2 is 2.11 bits per heavy atom. The predicted octanol–water partition coefficient (Wildman–Crippen LogP) is 2.52. The van der Waals surface area contributed by atoms with E-state index in [-0.39, 0.29) is 0 Å². The van der Waals surface area contributed by atoms with E-state index in [0.717, 1.165) is 31.4 Å². The number of aliphatic hydroxyl groups excluding tert-OH is 1. The van der Waals surface area contributed by atoms with E-state index in [1.807, 2.05) is 30.3 Å². The highest BCUT2D eigenvalue weighted by molar-refractivity contribution is 5.13. The lowest BCUT2D eigenvalue weighted by Gasteiger charge is -2.39. The van der Waals surface area contributed by atoms with E-state index in [0.29, 0.717) is 13.2 Å². The lowest BCUT2D eigenvalue weighted by Crippen LogP contribution is -2.49. The van der Waals surface area contributed by atoms with Gasteiger partial charge in [-0.05, 0) is 31.7 Å². The van der Waals surface area contributed by atoms with E-state index in [1.54, 1.807) is 6.92 Å². The van der Waals surface area contributed by atoms with Crippen LogP contribution in [-0.2, 0) is 16.1 Å². The van der Waals surface area contributed by atoms with Gasteiger partial charge in [0, 0.05) is 6.61 Å². The van der Waals surface area contributed by atoms with Crippen LogP contribution >= 0.6 is 0 Å². The fourth-order valence-corrected chi connectivity index (χ4v) is 2.35. The van der Waals surface area contributed by atoms with Crippen molar-refractivity contribution < 1.29 is 14.6 Å². The van der Waals surface area contributed by atoms with Crippen molar-refractivity contribution in [2.75, 3.05) is 13.2 Å². The predicted molar refractivity (Wildman–Crippen MR) is 70.3 cm³/mol. The molecular weight excluding hydrogens is 228 g/mol. The molecule has 1 aliphatic rings. The van der Waals surface area contributed by atoms with Crippen LogP contribution in [0.2, 0.25) is 0 Å². The molecule has 0 unspecified atom stereocenters. The number of hydrogen-bond acceptors (Lipinski definition) is 3. The van der Waals surface area contributed by atoms with Crippen LogP contribution in [0.3, 0.4) is 0 Å². The third-order valence-corrected chi connectivity index (χ3v) is 3.60. The summed E-state index contributed by atoms with van der Waals surface area (Å²) in [7, 11) is 0. The highest BCUT2D eigenvalue weighted by Gasteiger charge is 2.38. The van der Waals surface area contributed by atoms with Gasteiger partial charge in [0.1, 0.15) is 5.60 Å². The molecule has 0 radical (unpaired) electrons. The average molecular weight is 250 g/mol. The Hall–Kier alpha value is -0.900. The van der Waals surface area contributed by atoms with E-state index in [9.17, 15) is 5.11 Å². The maximum absolute atomic E-state index is 9.92. The highest BCUT2D eigenvalue weighted by Crippen LogP contribution is 2.29. The van der Waals surface area contributed by atoms with Crippen molar-refractivity contribution in [3.8, 4) is 0 Å². The van der Waals surface area contributed by atoms with Crippen LogP contribution in [0.25, 0.3) is 0 Å².